The molecule has 0 saturated heterocycles. The minimum absolute atomic E-state index is 0.431. The molecular formula is C14H13ClN4S. The molecule has 0 N–H and O–H groups in total. The Labute approximate surface area is 127 Å². The Hall–Kier alpha value is -1.77. The molecule has 0 fully saturated rings. The number of anilines is 1. The van der Waals surface area contributed by atoms with E-state index in [0.29, 0.717) is 27.3 Å². The quantitative estimate of drug-likeness (QED) is 0.642. The van der Waals surface area contributed by atoms with Crippen LogP contribution in [-0.4, -0.2) is 30.3 Å². The van der Waals surface area contributed by atoms with E-state index < -0.39 is 0 Å². The third-order valence-corrected chi connectivity index (χ3v) is 3.59. The monoisotopic (exact) mass is 304 g/mol. The van der Waals surface area contributed by atoms with Crippen molar-refractivity contribution in [3.8, 4) is 17.3 Å². The average molecular weight is 305 g/mol. The second-order valence-electron chi connectivity index (χ2n) is 4.24. The van der Waals surface area contributed by atoms with Crippen LogP contribution in [0, 0.1) is 11.3 Å². The summed E-state index contributed by atoms with van der Waals surface area (Å²) in [5.74, 6) is 0.599. The summed E-state index contributed by atoms with van der Waals surface area (Å²) in [4.78, 5) is 10.6. The van der Waals surface area contributed by atoms with Crippen molar-refractivity contribution < 1.29 is 0 Å². The lowest BCUT2D eigenvalue weighted by molar-refractivity contribution is 0.928. The maximum atomic E-state index is 9.46. The summed E-state index contributed by atoms with van der Waals surface area (Å²) in [5.41, 5.74) is 1.74. The maximum absolute atomic E-state index is 9.46. The molecule has 0 unspecified atom stereocenters. The van der Waals surface area contributed by atoms with Crippen molar-refractivity contribution >= 4 is 29.2 Å². The average Bonchev–Trinajstić information content (AvgIpc) is 2.46. The number of hydrogen-bond donors (Lipinski definition) is 0. The first-order valence-corrected chi connectivity index (χ1v) is 7.47. The number of halogens is 1. The number of aromatic nitrogens is 2. The molecule has 2 rings (SSSR count). The molecular weight excluding hydrogens is 292 g/mol. The highest BCUT2D eigenvalue weighted by atomic mass is 35.5. The number of thioether (sulfide) groups is 1. The molecule has 0 bridgehead atoms. The molecule has 20 heavy (non-hydrogen) atoms. The Bertz CT molecular complexity index is 679. The fourth-order valence-electron chi connectivity index (χ4n) is 1.79. The molecule has 0 aliphatic heterocycles. The molecule has 0 aliphatic rings. The van der Waals surface area contributed by atoms with Gasteiger partial charge in [0.2, 0.25) is 0 Å². The zero-order chi connectivity index (χ0) is 14.7. The fraction of sp³-hybridized carbons (Fsp3) is 0.214. The Morgan fingerprint density at radius 1 is 1.25 bits per heavy atom. The van der Waals surface area contributed by atoms with Crippen molar-refractivity contribution in [2.24, 2.45) is 0 Å². The van der Waals surface area contributed by atoms with Gasteiger partial charge in [-0.05, 0) is 12.3 Å². The van der Waals surface area contributed by atoms with Gasteiger partial charge in [0.15, 0.2) is 11.0 Å². The van der Waals surface area contributed by atoms with Gasteiger partial charge in [-0.3, -0.25) is 0 Å². The molecule has 1 heterocycles. The summed E-state index contributed by atoms with van der Waals surface area (Å²) in [6, 6.07) is 9.55. The van der Waals surface area contributed by atoms with Crippen LogP contribution in [0.2, 0.25) is 5.02 Å². The summed E-state index contributed by atoms with van der Waals surface area (Å²) in [5, 5.41) is 10.6. The van der Waals surface area contributed by atoms with E-state index in [4.69, 9.17) is 11.6 Å². The second-order valence-corrected chi connectivity index (χ2v) is 5.42. The van der Waals surface area contributed by atoms with Gasteiger partial charge in [-0.15, -0.1) is 0 Å². The van der Waals surface area contributed by atoms with Crippen LogP contribution in [0.5, 0.6) is 0 Å². The zero-order valence-corrected chi connectivity index (χ0v) is 13.0. The predicted molar refractivity (Wildman–Crippen MR) is 83.3 cm³/mol. The summed E-state index contributed by atoms with van der Waals surface area (Å²) >= 11 is 7.66. The highest BCUT2D eigenvalue weighted by molar-refractivity contribution is 7.98. The van der Waals surface area contributed by atoms with Crippen LogP contribution in [0.3, 0.4) is 0 Å². The number of nitriles is 1. The zero-order valence-electron chi connectivity index (χ0n) is 11.4. The second kappa shape index (κ2) is 6.12. The van der Waals surface area contributed by atoms with Gasteiger partial charge in [0.1, 0.15) is 11.6 Å². The molecule has 2 aromatic rings. The van der Waals surface area contributed by atoms with Crippen molar-refractivity contribution in [1.29, 1.82) is 5.26 Å². The van der Waals surface area contributed by atoms with Crippen LogP contribution in [-0.2, 0) is 0 Å². The van der Waals surface area contributed by atoms with Crippen molar-refractivity contribution in [3.63, 3.8) is 0 Å². The van der Waals surface area contributed by atoms with Gasteiger partial charge in [-0.25, -0.2) is 9.97 Å². The molecule has 6 heteroatoms. The van der Waals surface area contributed by atoms with Gasteiger partial charge >= 0.3 is 0 Å². The Morgan fingerprint density at radius 2 is 1.95 bits per heavy atom. The van der Waals surface area contributed by atoms with Crippen LogP contribution >= 0.6 is 23.4 Å². The molecule has 0 atom stereocenters. The summed E-state index contributed by atoms with van der Waals surface area (Å²) in [7, 11) is 3.70. The lowest BCUT2D eigenvalue weighted by atomic mass is 10.1. The van der Waals surface area contributed by atoms with E-state index >= 15 is 0 Å². The maximum Gasteiger partial charge on any atom is 0.189 e. The van der Waals surface area contributed by atoms with E-state index in [9.17, 15) is 5.26 Å². The van der Waals surface area contributed by atoms with Gasteiger partial charge in [-0.1, -0.05) is 41.6 Å². The van der Waals surface area contributed by atoms with Gasteiger partial charge in [0.05, 0.1) is 10.7 Å². The molecule has 1 aromatic heterocycles. The molecule has 0 amide bonds. The number of rotatable bonds is 3. The van der Waals surface area contributed by atoms with Crippen LogP contribution < -0.4 is 4.90 Å². The molecule has 0 aliphatic carbocycles. The minimum Gasteiger partial charge on any atom is -0.361 e. The first-order valence-electron chi connectivity index (χ1n) is 5.86. The van der Waals surface area contributed by atoms with Gasteiger partial charge in [0.25, 0.3) is 0 Å². The fourth-order valence-corrected chi connectivity index (χ4v) is 2.38. The molecule has 0 saturated carbocycles. The van der Waals surface area contributed by atoms with E-state index in [0.717, 1.165) is 5.56 Å². The van der Waals surface area contributed by atoms with E-state index in [2.05, 4.69) is 16.0 Å². The SMILES string of the molecule is CSc1nc(-c2ccccc2Cl)c(C#N)c(N(C)C)n1. The van der Waals surface area contributed by atoms with Crippen molar-refractivity contribution in [2.45, 2.75) is 5.16 Å². The third-order valence-electron chi connectivity index (χ3n) is 2.72. The molecule has 4 nitrogen and oxygen atoms in total. The predicted octanol–water partition coefficient (Wildman–Crippen LogP) is 3.46. The highest BCUT2D eigenvalue weighted by Gasteiger charge is 2.18. The Kier molecular flexibility index (Phi) is 4.48. The van der Waals surface area contributed by atoms with E-state index in [1.54, 1.807) is 11.0 Å². The van der Waals surface area contributed by atoms with E-state index in [-0.39, 0.29) is 0 Å². The standard InChI is InChI=1S/C14H13ClN4S/c1-19(2)13-10(8-16)12(17-14(18-13)20-3)9-6-4-5-7-11(9)15/h4-7H,1-3H3. The summed E-state index contributed by atoms with van der Waals surface area (Å²) in [6.07, 6.45) is 1.90. The van der Waals surface area contributed by atoms with Crippen molar-refractivity contribution in [1.82, 2.24) is 9.97 Å². The topological polar surface area (TPSA) is 52.8 Å². The van der Waals surface area contributed by atoms with Gasteiger partial charge in [0, 0.05) is 19.7 Å². The van der Waals surface area contributed by atoms with Gasteiger partial charge in [-0.2, -0.15) is 5.26 Å². The number of benzene rings is 1. The molecule has 0 spiro atoms. The van der Waals surface area contributed by atoms with Crippen molar-refractivity contribution in [2.75, 3.05) is 25.3 Å². The Balaban J connectivity index is 2.78. The van der Waals surface area contributed by atoms with E-state index in [1.807, 2.05) is 38.6 Å². The molecule has 0 radical (unpaired) electrons. The van der Waals surface area contributed by atoms with Crippen LogP contribution in [0.25, 0.3) is 11.3 Å². The van der Waals surface area contributed by atoms with Crippen LogP contribution in [0.15, 0.2) is 29.4 Å². The first kappa shape index (κ1) is 14.6. The minimum atomic E-state index is 0.431. The van der Waals surface area contributed by atoms with Gasteiger partial charge < -0.3 is 4.90 Å². The lowest BCUT2D eigenvalue weighted by Crippen LogP contribution is -2.14. The molecule has 102 valence electrons. The van der Waals surface area contributed by atoms with Crippen molar-refractivity contribution in [3.05, 3.63) is 34.9 Å². The number of hydrogen-bond acceptors (Lipinski definition) is 5. The Morgan fingerprint density at radius 3 is 2.50 bits per heavy atom. The smallest absolute Gasteiger partial charge is 0.189 e. The third kappa shape index (κ3) is 2.72. The first-order chi connectivity index (χ1) is 9.58. The highest BCUT2D eigenvalue weighted by Crippen LogP contribution is 2.33. The normalized spacial score (nSPS) is 10.2. The largest absolute Gasteiger partial charge is 0.361 e. The summed E-state index contributed by atoms with van der Waals surface area (Å²) in [6.45, 7) is 0. The summed E-state index contributed by atoms with van der Waals surface area (Å²) < 4.78 is 0. The van der Waals surface area contributed by atoms with Crippen LogP contribution in [0.4, 0.5) is 5.82 Å². The number of nitrogens with zero attached hydrogens (tertiary/aromatic N) is 4. The van der Waals surface area contributed by atoms with Crippen LogP contribution in [0.1, 0.15) is 5.56 Å². The van der Waals surface area contributed by atoms with E-state index in [1.165, 1.54) is 11.8 Å². The lowest BCUT2D eigenvalue weighted by Gasteiger charge is -2.16. The molecule has 1 aromatic carbocycles.